The summed E-state index contributed by atoms with van der Waals surface area (Å²) in [6.07, 6.45) is -0.133. The summed E-state index contributed by atoms with van der Waals surface area (Å²) < 4.78 is 27.1. The Morgan fingerprint density at radius 1 is 1.56 bits per heavy atom. The zero-order valence-corrected chi connectivity index (χ0v) is 12.2. The molecule has 0 aromatic carbocycles. The van der Waals surface area contributed by atoms with Gasteiger partial charge in [0.2, 0.25) is 0 Å². The summed E-state index contributed by atoms with van der Waals surface area (Å²) in [7, 11) is -3.48. The molecule has 0 amide bonds. The van der Waals surface area contributed by atoms with Crippen LogP contribution in [0.5, 0.6) is 0 Å². The molecule has 0 aliphatic carbocycles. The fraction of sp³-hybridized carbons (Fsp3) is 0.556. The standard InChI is InChI=1S/C9H14BrNO3S2/c1-6(5-7(2)12)11-16(13,14)9-8(10)3-4-15-9/h3-4,6-7,11-12H,5H2,1-2H3. The van der Waals surface area contributed by atoms with Crippen LogP contribution in [0, 0.1) is 0 Å². The molecule has 0 saturated heterocycles. The Kier molecular flexibility index (Phi) is 4.93. The van der Waals surface area contributed by atoms with Crippen LogP contribution in [-0.4, -0.2) is 25.7 Å². The summed E-state index contributed by atoms with van der Waals surface area (Å²) in [5, 5.41) is 10.9. The molecular weight excluding hydrogens is 314 g/mol. The third kappa shape index (κ3) is 3.81. The van der Waals surface area contributed by atoms with Crippen LogP contribution in [-0.2, 0) is 10.0 Å². The van der Waals surface area contributed by atoms with E-state index >= 15 is 0 Å². The van der Waals surface area contributed by atoms with Crippen molar-refractivity contribution in [3.05, 3.63) is 15.9 Å². The lowest BCUT2D eigenvalue weighted by Gasteiger charge is -2.14. The lowest BCUT2D eigenvalue weighted by molar-refractivity contribution is 0.175. The first-order chi connectivity index (χ1) is 7.33. The average molecular weight is 328 g/mol. The first-order valence-corrected chi connectivity index (χ1v) is 7.92. The second-order valence-electron chi connectivity index (χ2n) is 3.66. The van der Waals surface area contributed by atoms with Gasteiger partial charge in [0.1, 0.15) is 4.21 Å². The molecule has 92 valence electrons. The molecule has 2 unspecified atom stereocenters. The van der Waals surface area contributed by atoms with Crippen LogP contribution in [0.25, 0.3) is 0 Å². The first kappa shape index (κ1) is 14.1. The van der Waals surface area contributed by atoms with E-state index in [1.165, 1.54) is 0 Å². The van der Waals surface area contributed by atoms with Crippen LogP contribution in [0.2, 0.25) is 0 Å². The van der Waals surface area contributed by atoms with Gasteiger partial charge in [0, 0.05) is 10.5 Å². The van der Waals surface area contributed by atoms with Crippen LogP contribution >= 0.6 is 27.3 Å². The zero-order valence-electron chi connectivity index (χ0n) is 8.97. The lowest BCUT2D eigenvalue weighted by Crippen LogP contribution is -2.34. The van der Waals surface area contributed by atoms with Crippen molar-refractivity contribution in [1.29, 1.82) is 0 Å². The fourth-order valence-electron chi connectivity index (χ4n) is 1.35. The Balaban J connectivity index is 2.77. The van der Waals surface area contributed by atoms with E-state index in [2.05, 4.69) is 20.7 Å². The average Bonchev–Trinajstić information content (AvgIpc) is 2.48. The highest BCUT2D eigenvalue weighted by molar-refractivity contribution is 9.10. The highest BCUT2D eigenvalue weighted by Gasteiger charge is 2.21. The van der Waals surface area contributed by atoms with Crippen molar-refractivity contribution >= 4 is 37.3 Å². The Morgan fingerprint density at radius 2 is 2.19 bits per heavy atom. The van der Waals surface area contributed by atoms with Gasteiger partial charge in [-0.2, -0.15) is 0 Å². The third-order valence-electron chi connectivity index (χ3n) is 1.88. The van der Waals surface area contributed by atoms with Crippen LogP contribution in [0.15, 0.2) is 20.1 Å². The Labute approximate surface area is 108 Å². The van der Waals surface area contributed by atoms with Gasteiger partial charge >= 0.3 is 0 Å². The third-order valence-corrected chi connectivity index (χ3v) is 6.14. The van der Waals surface area contributed by atoms with E-state index in [4.69, 9.17) is 5.11 Å². The molecule has 0 radical (unpaired) electrons. The van der Waals surface area contributed by atoms with Crippen molar-refractivity contribution in [3.63, 3.8) is 0 Å². The van der Waals surface area contributed by atoms with E-state index in [-0.39, 0.29) is 10.3 Å². The summed E-state index contributed by atoms with van der Waals surface area (Å²) in [5.74, 6) is 0. The van der Waals surface area contributed by atoms with Crippen molar-refractivity contribution in [3.8, 4) is 0 Å². The highest BCUT2D eigenvalue weighted by atomic mass is 79.9. The highest BCUT2D eigenvalue weighted by Crippen LogP contribution is 2.27. The van der Waals surface area contributed by atoms with Gasteiger partial charge in [-0.3, -0.25) is 0 Å². The number of hydrogen-bond acceptors (Lipinski definition) is 4. The molecule has 0 spiro atoms. The predicted octanol–water partition coefficient (Wildman–Crippen LogP) is 1.95. The number of sulfonamides is 1. The van der Waals surface area contributed by atoms with E-state index in [1.807, 2.05) is 0 Å². The number of aliphatic hydroxyl groups is 1. The quantitative estimate of drug-likeness (QED) is 0.868. The molecule has 1 rings (SSSR count). The zero-order chi connectivity index (χ0) is 12.3. The maximum absolute atomic E-state index is 11.9. The van der Waals surface area contributed by atoms with Crippen LogP contribution in [0.4, 0.5) is 0 Å². The molecule has 2 atom stereocenters. The molecule has 1 aromatic heterocycles. The Hall–Kier alpha value is 0.0500. The summed E-state index contributed by atoms with van der Waals surface area (Å²) >= 11 is 4.34. The lowest BCUT2D eigenvalue weighted by atomic mass is 10.2. The van der Waals surface area contributed by atoms with Crippen LogP contribution < -0.4 is 4.72 Å². The van der Waals surface area contributed by atoms with E-state index in [9.17, 15) is 8.42 Å². The minimum absolute atomic E-state index is 0.268. The summed E-state index contributed by atoms with van der Waals surface area (Å²) in [5.41, 5.74) is 0. The second-order valence-corrected chi connectivity index (χ2v) is 7.34. The molecule has 0 saturated carbocycles. The van der Waals surface area contributed by atoms with Gasteiger partial charge in [0.15, 0.2) is 0 Å². The number of hydrogen-bond donors (Lipinski definition) is 2. The molecular formula is C9H14BrNO3S2. The molecule has 1 aromatic rings. The van der Waals surface area contributed by atoms with Gasteiger partial charge in [-0.05, 0) is 47.6 Å². The molecule has 16 heavy (non-hydrogen) atoms. The van der Waals surface area contributed by atoms with Crippen molar-refractivity contribution in [2.45, 2.75) is 36.6 Å². The molecule has 1 heterocycles. The first-order valence-electron chi connectivity index (χ1n) is 4.76. The van der Waals surface area contributed by atoms with E-state index in [0.29, 0.717) is 10.9 Å². The van der Waals surface area contributed by atoms with Crippen molar-refractivity contribution < 1.29 is 13.5 Å². The van der Waals surface area contributed by atoms with Crippen LogP contribution in [0.1, 0.15) is 20.3 Å². The number of thiophene rings is 1. The largest absolute Gasteiger partial charge is 0.393 e. The number of nitrogens with one attached hydrogen (secondary N) is 1. The second kappa shape index (κ2) is 5.59. The molecule has 0 aliphatic heterocycles. The molecule has 2 N–H and O–H groups in total. The van der Waals surface area contributed by atoms with Gasteiger partial charge in [-0.25, -0.2) is 13.1 Å². The molecule has 0 aliphatic rings. The van der Waals surface area contributed by atoms with E-state index in [1.54, 1.807) is 25.3 Å². The predicted molar refractivity (Wildman–Crippen MR) is 68.1 cm³/mol. The van der Waals surface area contributed by atoms with Gasteiger partial charge in [0.25, 0.3) is 10.0 Å². The van der Waals surface area contributed by atoms with E-state index in [0.717, 1.165) is 11.3 Å². The molecule has 4 nitrogen and oxygen atoms in total. The van der Waals surface area contributed by atoms with Crippen molar-refractivity contribution in [1.82, 2.24) is 4.72 Å². The fourth-order valence-corrected chi connectivity index (χ4v) is 4.96. The minimum Gasteiger partial charge on any atom is -0.393 e. The topological polar surface area (TPSA) is 66.4 Å². The number of rotatable bonds is 5. The summed E-state index contributed by atoms with van der Waals surface area (Å²) in [4.78, 5) is 0. The maximum Gasteiger partial charge on any atom is 0.251 e. The molecule has 0 bridgehead atoms. The molecule has 7 heteroatoms. The monoisotopic (exact) mass is 327 g/mol. The Morgan fingerprint density at radius 3 is 2.62 bits per heavy atom. The van der Waals surface area contributed by atoms with Gasteiger partial charge in [-0.1, -0.05) is 0 Å². The van der Waals surface area contributed by atoms with Gasteiger partial charge in [-0.15, -0.1) is 11.3 Å². The van der Waals surface area contributed by atoms with E-state index < -0.39 is 16.1 Å². The normalized spacial score (nSPS) is 16.0. The van der Waals surface area contributed by atoms with Gasteiger partial charge in [0.05, 0.1) is 6.10 Å². The van der Waals surface area contributed by atoms with Crippen molar-refractivity contribution in [2.75, 3.05) is 0 Å². The minimum atomic E-state index is -3.48. The smallest absolute Gasteiger partial charge is 0.251 e. The summed E-state index contributed by atoms with van der Waals surface area (Å²) in [6, 6.07) is 1.40. The number of halogens is 1. The van der Waals surface area contributed by atoms with Crippen molar-refractivity contribution in [2.24, 2.45) is 0 Å². The Bertz CT molecular complexity index is 441. The maximum atomic E-state index is 11.9. The number of aliphatic hydroxyl groups excluding tert-OH is 1. The molecule has 0 fully saturated rings. The SMILES string of the molecule is CC(O)CC(C)NS(=O)(=O)c1sccc1Br. The summed E-state index contributed by atoms with van der Waals surface area (Å²) in [6.45, 7) is 3.36. The van der Waals surface area contributed by atoms with Crippen LogP contribution in [0.3, 0.4) is 0 Å². The van der Waals surface area contributed by atoms with Gasteiger partial charge < -0.3 is 5.11 Å².